The Kier molecular flexibility index (Phi) is 5.33. The Morgan fingerprint density at radius 1 is 1.47 bits per heavy atom. The number of nitrogens with zero attached hydrogens (tertiary/aromatic N) is 2. The third-order valence-electron chi connectivity index (χ3n) is 2.83. The molecule has 0 saturated carbocycles. The molecule has 3 heterocycles. The monoisotopic (exact) mass is 301 g/mol. The third kappa shape index (κ3) is 4.01. The van der Waals surface area contributed by atoms with Crippen molar-refractivity contribution in [2.24, 2.45) is 0 Å². The van der Waals surface area contributed by atoms with Crippen LogP contribution in [0, 0.1) is 0 Å². The van der Waals surface area contributed by atoms with Gasteiger partial charge in [-0.3, -0.25) is 0 Å². The number of aromatic nitrogens is 2. The van der Waals surface area contributed by atoms with Crippen molar-refractivity contribution in [2.45, 2.75) is 18.9 Å². The van der Waals surface area contributed by atoms with Gasteiger partial charge in [0.2, 0.25) is 5.89 Å². The van der Waals surface area contributed by atoms with Gasteiger partial charge in [0.1, 0.15) is 0 Å². The second kappa shape index (κ2) is 7.00. The molecule has 1 aliphatic heterocycles. The van der Waals surface area contributed by atoms with Crippen molar-refractivity contribution in [3.63, 3.8) is 0 Å². The maximum atomic E-state index is 5.61. The molecule has 104 valence electrons. The summed E-state index contributed by atoms with van der Waals surface area (Å²) in [4.78, 5) is 5.65. The van der Waals surface area contributed by atoms with Gasteiger partial charge in [0.05, 0.1) is 19.1 Å². The van der Waals surface area contributed by atoms with E-state index in [1.807, 2.05) is 6.07 Å². The van der Waals surface area contributed by atoms with Gasteiger partial charge in [0.15, 0.2) is 5.82 Å². The summed E-state index contributed by atoms with van der Waals surface area (Å²) in [5.74, 6) is 1.41. The van der Waals surface area contributed by atoms with Crippen molar-refractivity contribution in [1.29, 1.82) is 0 Å². The molecule has 1 fully saturated rings. The van der Waals surface area contributed by atoms with Crippen LogP contribution in [-0.4, -0.2) is 35.9 Å². The molecule has 1 saturated heterocycles. The summed E-state index contributed by atoms with van der Waals surface area (Å²) in [7, 11) is 0. The quantitative estimate of drug-likeness (QED) is 0.931. The number of ether oxygens (including phenoxy) is 1. The highest BCUT2D eigenvalue weighted by Crippen LogP contribution is 2.13. The van der Waals surface area contributed by atoms with E-state index < -0.39 is 0 Å². The number of hydrogen-bond acceptors (Lipinski definition) is 6. The van der Waals surface area contributed by atoms with Gasteiger partial charge in [-0.15, -0.1) is 23.7 Å². The Bertz CT molecular complexity index is 483. The summed E-state index contributed by atoms with van der Waals surface area (Å²) in [5, 5.41) is 9.34. The SMILES string of the molecule is Cl.c1csc(Cc2noc(CC3CNCCO3)n2)c1. The molecule has 7 heteroatoms. The summed E-state index contributed by atoms with van der Waals surface area (Å²) in [6.45, 7) is 2.52. The highest BCUT2D eigenvalue weighted by Gasteiger charge is 2.17. The summed E-state index contributed by atoms with van der Waals surface area (Å²) in [6.07, 6.45) is 1.57. The molecule has 0 aromatic carbocycles. The standard InChI is InChI=1S/C12H15N3O2S.ClH/c1-2-10(18-5-1)7-11-14-12(17-15-11)6-9-8-13-3-4-16-9;/h1-2,5,9,13H,3-4,6-8H2;1H. The van der Waals surface area contributed by atoms with Crippen LogP contribution in [0.15, 0.2) is 22.0 Å². The Hall–Kier alpha value is -0.950. The van der Waals surface area contributed by atoms with Crippen LogP contribution >= 0.6 is 23.7 Å². The fourth-order valence-corrected chi connectivity index (χ4v) is 2.66. The predicted molar refractivity (Wildman–Crippen MR) is 75.0 cm³/mol. The summed E-state index contributed by atoms with van der Waals surface area (Å²) >= 11 is 1.71. The molecule has 2 aromatic rings. The molecule has 1 aliphatic rings. The molecule has 0 bridgehead atoms. The topological polar surface area (TPSA) is 60.2 Å². The van der Waals surface area contributed by atoms with Crippen LogP contribution in [0.25, 0.3) is 0 Å². The largest absolute Gasteiger partial charge is 0.375 e. The van der Waals surface area contributed by atoms with Crippen LogP contribution < -0.4 is 5.32 Å². The lowest BCUT2D eigenvalue weighted by Crippen LogP contribution is -2.39. The lowest BCUT2D eigenvalue weighted by molar-refractivity contribution is 0.0246. The molecule has 0 amide bonds. The van der Waals surface area contributed by atoms with E-state index in [2.05, 4.69) is 26.9 Å². The third-order valence-corrected chi connectivity index (χ3v) is 3.71. The average Bonchev–Trinajstić information content (AvgIpc) is 3.03. The van der Waals surface area contributed by atoms with Crippen LogP contribution in [-0.2, 0) is 17.6 Å². The van der Waals surface area contributed by atoms with Gasteiger partial charge in [-0.05, 0) is 11.4 Å². The Balaban J connectivity index is 0.00000133. The Morgan fingerprint density at radius 3 is 3.16 bits per heavy atom. The molecule has 2 aromatic heterocycles. The van der Waals surface area contributed by atoms with E-state index in [0.29, 0.717) is 12.3 Å². The first-order chi connectivity index (χ1) is 8.90. The fourth-order valence-electron chi connectivity index (χ4n) is 1.96. The summed E-state index contributed by atoms with van der Waals surface area (Å²) in [6, 6.07) is 4.11. The number of nitrogens with one attached hydrogen (secondary N) is 1. The zero-order valence-electron chi connectivity index (χ0n) is 10.4. The summed E-state index contributed by atoms with van der Waals surface area (Å²) in [5.41, 5.74) is 0. The minimum Gasteiger partial charge on any atom is -0.375 e. The second-order valence-electron chi connectivity index (χ2n) is 4.26. The number of thiophene rings is 1. The van der Waals surface area contributed by atoms with Crippen LogP contribution in [0.1, 0.15) is 16.6 Å². The van der Waals surface area contributed by atoms with Crippen molar-refractivity contribution in [1.82, 2.24) is 15.5 Å². The maximum Gasteiger partial charge on any atom is 0.229 e. The van der Waals surface area contributed by atoms with E-state index >= 15 is 0 Å². The number of rotatable bonds is 4. The van der Waals surface area contributed by atoms with E-state index in [9.17, 15) is 0 Å². The van der Waals surface area contributed by atoms with Crippen molar-refractivity contribution in [3.05, 3.63) is 34.1 Å². The van der Waals surface area contributed by atoms with Gasteiger partial charge in [-0.25, -0.2) is 0 Å². The first-order valence-corrected chi connectivity index (χ1v) is 6.94. The highest BCUT2D eigenvalue weighted by molar-refractivity contribution is 7.09. The minimum absolute atomic E-state index is 0. The molecular weight excluding hydrogens is 286 g/mol. The van der Waals surface area contributed by atoms with Gasteiger partial charge < -0.3 is 14.6 Å². The van der Waals surface area contributed by atoms with Crippen molar-refractivity contribution in [3.8, 4) is 0 Å². The first kappa shape index (κ1) is 14.5. The zero-order valence-corrected chi connectivity index (χ0v) is 12.0. The minimum atomic E-state index is 0. The lowest BCUT2D eigenvalue weighted by atomic mass is 10.2. The van der Waals surface area contributed by atoms with E-state index in [4.69, 9.17) is 9.26 Å². The van der Waals surface area contributed by atoms with Crippen molar-refractivity contribution < 1.29 is 9.26 Å². The number of hydrogen-bond donors (Lipinski definition) is 1. The molecule has 1 atom stereocenters. The van der Waals surface area contributed by atoms with Gasteiger partial charge in [0.25, 0.3) is 0 Å². The van der Waals surface area contributed by atoms with Gasteiger partial charge in [-0.2, -0.15) is 4.98 Å². The van der Waals surface area contributed by atoms with Crippen molar-refractivity contribution in [2.75, 3.05) is 19.7 Å². The van der Waals surface area contributed by atoms with Gasteiger partial charge >= 0.3 is 0 Å². The van der Waals surface area contributed by atoms with E-state index in [-0.39, 0.29) is 18.5 Å². The molecular formula is C12H16ClN3O2S. The first-order valence-electron chi connectivity index (χ1n) is 6.06. The fraction of sp³-hybridized carbons (Fsp3) is 0.500. The summed E-state index contributed by atoms with van der Waals surface area (Å²) < 4.78 is 10.9. The van der Waals surface area contributed by atoms with Crippen LogP contribution in [0.3, 0.4) is 0 Å². The maximum absolute atomic E-state index is 5.61. The molecule has 1 N–H and O–H groups in total. The molecule has 0 aliphatic carbocycles. The molecule has 5 nitrogen and oxygen atoms in total. The smallest absolute Gasteiger partial charge is 0.229 e. The van der Waals surface area contributed by atoms with Crippen LogP contribution in [0.4, 0.5) is 0 Å². The average molecular weight is 302 g/mol. The molecule has 19 heavy (non-hydrogen) atoms. The van der Waals surface area contributed by atoms with Gasteiger partial charge in [-0.1, -0.05) is 11.2 Å². The van der Waals surface area contributed by atoms with E-state index in [0.717, 1.165) is 31.9 Å². The molecule has 0 spiro atoms. The van der Waals surface area contributed by atoms with Crippen LogP contribution in [0.2, 0.25) is 0 Å². The molecule has 0 radical (unpaired) electrons. The Labute approximate surface area is 121 Å². The predicted octanol–water partition coefficient (Wildman–Crippen LogP) is 1.67. The second-order valence-corrected chi connectivity index (χ2v) is 5.29. The number of morpholine rings is 1. The van der Waals surface area contributed by atoms with Crippen LogP contribution in [0.5, 0.6) is 0 Å². The van der Waals surface area contributed by atoms with Gasteiger partial charge in [0, 0.05) is 24.4 Å². The van der Waals surface area contributed by atoms with E-state index in [1.165, 1.54) is 4.88 Å². The Morgan fingerprint density at radius 2 is 2.42 bits per heavy atom. The van der Waals surface area contributed by atoms with E-state index in [1.54, 1.807) is 11.3 Å². The van der Waals surface area contributed by atoms with Crippen molar-refractivity contribution >= 4 is 23.7 Å². The normalized spacial score (nSPS) is 19.1. The number of halogens is 1. The highest BCUT2D eigenvalue weighted by atomic mass is 35.5. The molecule has 3 rings (SSSR count). The zero-order chi connectivity index (χ0) is 12.2. The molecule has 1 unspecified atom stereocenters. The lowest BCUT2D eigenvalue weighted by Gasteiger charge is -2.21.